The molecule has 0 N–H and O–H groups in total. The third-order valence-corrected chi connectivity index (χ3v) is 2.81. The molecule has 1 aromatic rings. The summed E-state index contributed by atoms with van der Waals surface area (Å²) in [6.45, 7) is 11.0. The van der Waals surface area contributed by atoms with E-state index in [0.29, 0.717) is 0 Å². The average molecular weight is 344 g/mol. The SMILES string of the molecule is Cc1c(C)c(C)[c-](C)c1C.[Cl][Rh]([Cl])[Cl]. The molecule has 0 saturated heterocycles. The molecule has 0 fully saturated rings. The summed E-state index contributed by atoms with van der Waals surface area (Å²) in [4.78, 5) is 0. The average Bonchev–Trinajstić information content (AvgIpc) is 2.23. The van der Waals surface area contributed by atoms with Crippen LogP contribution in [0.1, 0.15) is 27.8 Å². The summed E-state index contributed by atoms with van der Waals surface area (Å²) in [6, 6.07) is 0. The maximum atomic E-state index is 4.94. The number of halogens is 3. The topological polar surface area (TPSA) is 0 Å². The fourth-order valence-electron chi connectivity index (χ4n) is 1.41. The van der Waals surface area contributed by atoms with Crippen molar-refractivity contribution in [2.75, 3.05) is 0 Å². The third kappa shape index (κ3) is 4.15. The zero-order valence-corrected chi connectivity index (χ0v) is 12.9. The molecular weight excluding hydrogens is 329 g/mol. The van der Waals surface area contributed by atoms with Crippen molar-refractivity contribution in [1.82, 2.24) is 0 Å². The van der Waals surface area contributed by atoms with E-state index < -0.39 is 13.0 Å². The molecule has 0 heterocycles. The van der Waals surface area contributed by atoms with Gasteiger partial charge in [0.2, 0.25) is 0 Å². The molecule has 1 aromatic carbocycles. The van der Waals surface area contributed by atoms with Crippen LogP contribution in [0.25, 0.3) is 0 Å². The van der Waals surface area contributed by atoms with Gasteiger partial charge in [-0.15, -0.1) is 0 Å². The number of rotatable bonds is 0. The molecule has 0 aromatic heterocycles. The van der Waals surface area contributed by atoms with Crippen LogP contribution in [0.4, 0.5) is 0 Å². The first kappa shape index (κ1) is 14.8. The molecule has 0 aliphatic rings. The van der Waals surface area contributed by atoms with Gasteiger partial charge in [-0.1, -0.05) is 34.6 Å². The van der Waals surface area contributed by atoms with Crippen molar-refractivity contribution in [2.45, 2.75) is 34.6 Å². The van der Waals surface area contributed by atoms with E-state index in [4.69, 9.17) is 29.1 Å². The van der Waals surface area contributed by atoms with Crippen LogP contribution in [0.15, 0.2) is 0 Å². The Morgan fingerprint density at radius 2 is 1.07 bits per heavy atom. The zero-order valence-electron chi connectivity index (χ0n) is 8.97. The Morgan fingerprint density at radius 1 is 0.857 bits per heavy atom. The van der Waals surface area contributed by atoms with Crippen LogP contribution in [0.3, 0.4) is 0 Å². The van der Waals surface area contributed by atoms with E-state index in [1.165, 1.54) is 27.8 Å². The molecule has 0 spiro atoms. The Kier molecular flexibility index (Phi) is 6.82. The third-order valence-electron chi connectivity index (χ3n) is 2.81. The second kappa shape index (κ2) is 6.43. The van der Waals surface area contributed by atoms with Gasteiger partial charge in [-0.05, 0) is 0 Å². The minimum absolute atomic E-state index is 1.47. The molecular formula is C10H15Cl3Rh-. The summed E-state index contributed by atoms with van der Waals surface area (Å²) < 4.78 is 0. The van der Waals surface area contributed by atoms with E-state index in [1.807, 2.05) is 0 Å². The predicted molar refractivity (Wildman–Crippen MR) is 63.3 cm³/mol. The normalized spacial score (nSPS) is 10.7. The first-order valence-corrected chi connectivity index (χ1v) is 10.5. The molecule has 0 unspecified atom stereocenters. The zero-order chi connectivity index (χ0) is 11.5. The van der Waals surface area contributed by atoms with Crippen molar-refractivity contribution >= 4 is 29.1 Å². The Balaban J connectivity index is 0.000000364. The molecule has 14 heavy (non-hydrogen) atoms. The quantitative estimate of drug-likeness (QED) is 0.458. The summed E-state index contributed by atoms with van der Waals surface area (Å²) >= 11 is -1.66. The van der Waals surface area contributed by atoms with Gasteiger partial charge in [-0.3, -0.25) is 0 Å². The minimum atomic E-state index is -1.66. The summed E-state index contributed by atoms with van der Waals surface area (Å²) in [7, 11) is 14.8. The first-order chi connectivity index (χ1) is 6.29. The van der Waals surface area contributed by atoms with Crippen molar-refractivity contribution in [3.8, 4) is 0 Å². The van der Waals surface area contributed by atoms with Gasteiger partial charge in [0, 0.05) is 0 Å². The molecule has 0 radical (unpaired) electrons. The van der Waals surface area contributed by atoms with E-state index >= 15 is 0 Å². The Bertz CT molecular complexity index is 220. The molecule has 0 saturated carbocycles. The molecule has 0 aliphatic heterocycles. The van der Waals surface area contributed by atoms with Crippen LogP contribution in [-0.4, -0.2) is 0 Å². The second-order valence-corrected chi connectivity index (χ2v) is 10.7. The molecule has 0 atom stereocenters. The van der Waals surface area contributed by atoms with Crippen molar-refractivity contribution in [3.05, 3.63) is 27.8 Å². The molecule has 0 bridgehead atoms. The van der Waals surface area contributed by atoms with Gasteiger partial charge in [0.1, 0.15) is 0 Å². The summed E-state index contributed by atoms with van der Waals surface area (Å²) in [6.07, 6.45) is 0. The first-order valence-electron chi connectivity index (χ1n) is 4.13. The molecule has 86 valence electrons. The molecule has 4 heteroatoms. The standard InChI is InChI=1S/C10H15.3ClH.Rh/c1-6-7(2)9(4)10(5)8(6)3;;;;/h1-5H3;3*1H;/q-1;;;;+3/p-3. The fourth-order valence-corrected chi connectivity index (χ4v) is 1.41. The van der Waals surface area contributed by atoms with Crippen molar-refractivity contribution in [3.63, 3.8) is 0 Å². The monoisotopic (exact) mass is 343 g/mol. The Hall–Kier alpha value is 0.843. The van der Waals surface area contributed by atoms with E-state index in [2.05, 4.69) is 34.6 Å². The van der Waals surface area contributed by atoms with Crippen molar-refractivity contribution < 1.29 is 13.0 Å². The van der Waals surface area contributed by atoms with E-state index in [0.717, 1.165) is 0 Å². The van der Waals surface area contributed by atoms with Crippen LogP contribution < -0.4 is 0 Å². The predicted octanol–water partition coefficient (Wildman–Crippen LogP) is 5.01. The van der Waals surface area contributed by atoms with Crippen LogP contribution >= 0.6 is 29.1 Å². The van der Waals surface area contributed by atoms with Gasteiger partial charge in [0.15, 0.2) is 0 Å². The molecule has 0 nitrogen and oxygen atoms in total. The molecule has 1 rings (SSSR count). The van der Waals surface area contributed by atoms with Crippen LogP contribution in [0.2, 0.25) is 0 Å². The van der Waals surface area contributed by atoms with E-state index in [1.54, 1.807) is 0 Å². The number of hydrogen-bond donors (Lipinski definition) is 0. The molecule has 0 aliphatic carbocycles. The van der Waals surface area contributed by atoms with E-state index in [-0.39, 0.29) is 0 Å². The second-order valence-electron chi connectivity index (χ2n) is 3.27. The fraction of sp³-hybridized carbons (Fsp3) is 0.500. The van der Waals surface area contributed by atoms with Gasteiger partial charge in [0.05, 0.1) is 0 Å². The number of hydrogen-bond acceptors (Lipinski definition) is 0. The summed E-state index contributed by atoms with van der Waals surface area (Å²) in [5.41, 5.74) is 7.34. The van der Waals surface area contributed by atoms with Crippen molar-refractivity contribution in [1.29, 1.82) is 0 Å². The van der Waals surface area contributed by atoms with Crippen LogP contribution in [0, 0.1) is 34.6 Å². The summed E-state index contributed by atoms with van der Waals surface area (Å²) in [5.74, 6) is 0. The Morgan fingerprint density at radius 3 is 1.14 bits per heavy atom. The van der Waals surface area contributed by atoms with Gasteiger partial charge >= 0.3 is 42.1 Å². The molecule has 0 amide bonds. The van der Waals surface area contributed by atoms with Crippen molar-refractivity contribution in [2.24, 2.45) is 0 Å². The summed E-state index contributed by atoms with van der Waals surface area (Å²) in [5, 5.41) is 0. The van der Waals surface area contributed by atoms with Gasteiger partial charge in [0.25, 0.3) is 0 Å². The van der Waals surface area contributed by atoms with Gasteiger partial charge < -0.3 is 0 Å². The van der Waals surface area contributed by atoms with Gasteiger partial charge in [-0.2, -0.15) is 27.8 Å². The van der Waals surface area contributed by atoms with Crippen LogP contribution in [0.5, 0.6) is 0 Å². The maximum absolute atomic E-state index is 4.94. The van der Waals surface area contributed by atoms with E-state index in [9.17, 15) is 0 Å². The Labute approximate surface area is 104 Å². The van der Waals surface area contributed by atoms with Gasteiger partial charge in [-0.25, -0.2) is 0 Å². The van der Waals surface area contributed by atoms with Crippen LogP contribution in [-0.2, 0) is 13.0 Å².